The Balaban J connectivity index is 0.710. The van der Waals surface area contributed by atoms with Gasteiger partial charge in [-0.05, 0) is 67.3 Å². The summed E-state index contributed by atoms with van der Waals surface area (Å²) in [5.74, 6) is 0.631. The van der Waals surface area contributed by atoms with Crippen LogP contribution in [0.4, 0.5) is 28.7 Å². The average Bonchev–Trinajstić information content (AvgIpc) is 3.26. The minimum absolute atomic E-state index is 0.0614. The second-order valence-electron chi connectivity index (χ2n) is 15.8. The Morgan fingerprint density at radius 2 is 1.59 bits per heavy atom. The Morgan fingerprint density at radius 1 is 0.845 bits per heavy atom. The molecule has 3 saturated heterocycles. The predicted octanol–water partition coefficient (Wildman–Crippen LogP) is 3.39. The minimum atomic E-state index is -0.252. The summed E-state index contributed by atoms with van der Waals surface area (Å²) >= 11 is 0. The zero-order valence-electron chi connectivity index (χ0n) is 33.1. The van der Waals surface area contributed by atoms with Crippen molar-refractivity contribution >= 4 is 46.4 Å². The molecular weight excluding hydrogens is 735 g/mol. The molecule has 5 aliphatic heterocycles. The molecule has 0 aliphatic carbocycles. The number of carbonyl (C=O) groups excluding carboxylic acids is 3. The minimum Gasteiger partial charge on any atom is -0.474 e. The van der Waals surface area contributed by atoms with Crippen LogP contribution < -0.4 is 30.5 Å². The number of pyridine rings is 1. The van der Waals surface area contributed by atoms with Crippen molar-refractivity contribution in [2.24, 2.45) is 0 Å². The number of carbonyl (C=O) groups is 3. The first-order chi connectivity index (χ1) is 28.3. The van der Waals surface area contributed by atoms with Crippen LogP contribution in [0.2, 0.25) is 0 Å². The summed E-state index contributed by atoms with van der Waals surface area (Å²) in [6, 6.07) is 15.9. The normalized spacial score (nSPS) is 20.1. The molecule has 0 bridgehead atoms. The lowest BCUT2D eigenvalue weighted by molar-refractivity contribution is -0.134. The number of anilines is 5. The molecule has 15 heteroatoms. The maximum atomic E-state index is 13.5. The number of nitrogens with one attached hydrogen (secondary N) is 3. The molecule has 5 aliphatic rings. The Kier molecular flexibility index (Phi) is 10.8. The van der Waals surface area contributed by atoms with Crippen molar-refractivity contribution in [3.8, 4) is 5.88 Å². The van der Waals surface area contributed by atoms with E-state index in [-0.39, 0.29) is 23.6 Å². The second kappa shape index (κ2) is 16.6. The number of ether oxygens (including phenoxy) is 1. The van der Waals surface area contributed by atoms with Gasteiger partial charge in [-0.2, -0.15) is 0 Å². The van der Waals surface area contributed by atoms with Crippen molar-refractivity contribution in [1.29, 1.82) is 0 Å². The molecule has 1 atom stereocenters. The summed E-state index contributed by atoms with van der Waals surface area (Å²) in [6.07, 6.45) is 5.63. The number of piperidine rings is 1. The van der Waals surface area contributed by atoms with Crippen LogP contribution in [0.15, 0.2) is 60.9 Å². The Morgan fingerprint density at radius 3 is 2.33 bits per heavy atom. The van der Waals surface area contributed by atoms with E-state index >= 15 is 0 Å². The number of imide groups is 1. The first kappa shape index (κ1) is 37.8. The van der Waals surface area contributed by atoms with E-state index in [4.69, 9.17) is 9.72 Å². The molecule has 2 aromatic heterocycles. The van der Waals surface area contributed by atoms with E-state index in [2.05, 4.69) is 64.6 Å². The van der Waals surface area contributed by atoms with Gasteiger partial charge in [0, 0.05) is 114 Å². The molecule has 0 saturated carbocycles. The highest BCUT2D eigenvalue weighted by molar-refractivity contribution is 6.01. The molecule has 15 nitrogen and oxygen atoms in total. The highest BCUT2D eigenvalue weighted by atomic mass is 16.5. The fraction of sp³-hybridized carbons (Fsp3) is 0.442. The number of aromatic nitrogens is 3. The standard InChI is InChI=1S/C43H51N11O4/c1-29-37(27-45-41-39(29)44-13-25-58-41)54-14-12-32-26-46-43(48-36(32)28-54)47-33-6-2-31(3-7-33)42(57)53-23-19-51(20-24-53)16-15-50-17-21-52(22-18-50)34-8-4-30(5-9-34)35-10-11-38(55)49-40(35)56/h2-9,26-27,35,44H,10-25,28H2,1H3,(H,46,47,48)(H,49,55,56). The van der Waals surface area contributed by atoms with Crippen molar-refractivity contribution in [1.82, 2.24) is 35.0 Å². The first-order valence-electron chi connectivity index (χ1n) is 20.6. The second-order valence-corrected chi connectivity index (χ2v) is 15.8. The van der Waals surface area contributed by atoms with Crippen LogP contribution >= 0.6 is 0 Å². The van der Waals surface area contributed by atoms with Gasteiger partial charge in [-0.1, -0.05) is 12.1 Å². The predicted molar refractivity (Wildman–Crippen MR) is 222 cm³/mol. The Hall–Kier alpha value is -5.80. The summed E-state index contributed by atoms with van der Waals surface area (Å²) < 4.78 is 5.73. The average molecular weight is 786 g/mol. The van der Waals surface area contributed by atoms with Gasteiger partial charge in [0.2, 0.25) is 23.6 Å². The van der Waals surface area contributed by atoms with Crippen molar-refractivity contribution in [2.45, 2.75) is 38.6 Å². The van der Waals surface area contributed by atoms with Crippen LogP contribution in [0.3, 0.4) is 0 Å². The van der Waals surface area contributed by atoms with Crippen LogP contribution in [0.1, 0.15) is 51.5 Å². The van der Waals surface area contributed by atoms with Crippen molar-refractivity contribution in [2.75, 3.05) is 106 Å². The van der Waals surface area contributed by atoms with Gasteiger partial charge < -0.3 is 30.1 Å². The van der Waals surface area contributed by atoms with E-state index in [1.165, 1.54) is 5.69 Å². The first-order valence-corrected chi connectivity index (χ1v) is 20.6. The molecule has 0 spiro atoms. The summed E-state index contributed by atoms with van der Waals surface area (Å²) in [5, 5.41) is 9.24. The summed E-state index contributed by atoms with van der Waals surface area (Å²) in [6.45, 7) is 14.1. The topological polar surface area (TPSA) is 151 Å². The number of benzene rings is 2. The largest absolute Gasteiger partial charge is 0.474 e. The number of fused-ring (bicyclic) bond motifs is 2. The molecule has 1 unspecified atom stereocenters. The molecule has 2 aromatic carbocycles. The van der Waals surface area contributed by atoms with Gasteiger partial charge in [0.15, 0.2) is 0 Å². The lowest BCUT2D eigenvalue weighted by atomic mass is 9.90. The van der Waals surface area contributed by atoms with Gasteiger partial charge >= 0.3 is 0 Å². The fourth-order valence-electron chi connectivity index (χ4n) is 8.72. The van der Waals surface area contributed by atoms with E-state index < -0.39 is 0 Å². The number of amides is 3. The van der Waals surface area contributed by atoms with Gasteiger partial charge in [-0.25, -0.2) is 15.0 Å². The number of nitrogens with zero attached hydrogens (tertiary/aromatic N) is 8. The fourth-order valence-corrected chi connectivity index (χ4v) is 8.72. The zero-order chi connectivity index (χ0) is 39.6. The van der Waals surface area contributed by atoms with Crippen LogP contribution in [-0.4, -0.2) is 133 Å². The molecule has 302 valence electrons. The molecular formula is C43H51N11O4. The quantitative estimate of drug-likeness (QED) is 0.213. The monoisotopic (exact) mass is 785 g/mol. The van der Waals surface area contributed by atoms with Crippen LogP contribution in [-0.2, 0) is 22.6 Å². The Labute approximate surface area is 338 Å². The number of hydrogen-bond donors (Lipinski definition) is 3. The third-order valence-electron chi connectivity index (χ3n) is 12.3. The van der Waals surface area contributed by atoms with Crippen LogP contribution in [0.5, 0.6) is 5.88 Å². The number of hydrogen-bond acceptors (Lipinski definition) is 13. The maximum absolute atomic E-state index is 13.5. The van der Waals surface area contributed by atoms with Gasteiger partial charge in [-0.15, -0.1) is 0 Å². The molecule has 58 heavy (non-hydrogen) atoms. The highest BCUT2D eigenvalue weighted by Crippen LogP contribution is 2.36. The third-order valence-corrected chi connectivity index (χ3v) is 12.3. The Bertz CT molecular complexity index is 2150. The molecule has 3 fully saturated rings. The SMILES string of the molecule is Cc1c(N2CCc3cnc(Nc4ccc(C(=O)N5CCN(CCN6CCN(c7ccc(C8CCC(=O)NC8=O)cc7)CC6)CC5)cc4)nc3C2)cnc2c1NCCO2. The van der Waals surface area contributed by atoms with Crippen molar-refractivity contribution in [3.63, 3.8) is 0 Å². The number of rotatable bonds is 9. The molecule has 3 N–H and O–H groups in total. The van der Waals surface area contributed by atoms with Gasteiger partial charge in [0.05, 0.1) is 30.0 Å². The van der Waals surface area contributed by atoms with Crippen molar-refractivity contribution in [3.05, 3.63) is 88.9 Å². The van der Waals surface area contributed by atoms with E-state index in [1.54, 1.807) is 0 Å². The van der Waals surface area contributed by atoms with E-state index in [0.717, 1.165) is 111 Å². The van der Waals surface area contributed by atoms with Gasteiger partial charge in [0.1, 0.15) is 12.3 Å². The van der Waals surface area contributed by atoms with Gasteiger partial charge in [0.25, 0.3) is 5.91 Å². The third kappa shape index (κ3) is 8.14. The molecule has 0 radical (unpaired) electrons. The van der Waals surface area contributed by atoms with E-state index in [1.807, 2.05) is 53.7 Å². The van der Waals surface area contributed by atoms with Crippen LogP contribution in [0, 0.1) is 6.92 Å². The number of piperazine rings is 2. The van der Waals surface area contributed by atoms with E-state index in [0.29, 0.717) is 56.5 Å². The molecule has 3 amide bonds. The summed E-state index contributed by atoms with van der Waals surface area (Å²) in [7, 11) is 0. The summed E-state index contributed by atoms with van der Waals surface area (Å²) in [4.78, 5) is 63.0. The molecule has 9 rings (SSSR count). The molecule has 4 aromatic rings. The summed E-state index contributed by atoms with van der Waals surface area (Å²) in [5.41, 5.74) is 8.98. The molecule has 7 heterocycles. The van der Waals surface area contributed by atoms with Gasteiger partial charge in [-0.3, -0.25) is 29.5 Å². The lowest BCUT2D eigenvalue weighted by Gasteiger charge is -2.39. The zero-order valence-corrected chi connectivity index (χ0v) is 33.1. The van der Waals surface area contributed by atoms with Crippen molar-refractivity contribution < 1.29 is 19.1 Å². The highest BCUT2D eigenvalue weighted by Gasteiger charge is 2.29. The van der Waals surface area contributed by atoms with Crippen LogP contribution in [0.25, 0.3) is 0 Å². The lowest BCUT2D eigenvalue weighted by Crippen LogP contribution is -2.52. The van der Waals surface area contributed by atoms with E-state index in [9.17, 15) is 14.4 Å². The maximum Gasteiger partial charge on any atom is 0.253 e. The smallest absolute Gasteiger partial charge is 0.253 e.